The van der Waals surface area contributed by atoms with Crippen LogP contribution in [0.15, 0.2) is 24.4 Å². The first-order valence-corrected chi connectivity index (χ1v) is 8.52. The number of aromatic nitrogens is 3. The molecule has 1 amide bonds. The number of rotatable bonds is 5. The van der Waals surface area contributed by atoms with E-state index in [-0.39, 0.29) is 18.6 Å². The van der Waals surface area contributed by atoms with Gasteiger partial charge in [0.25, 0.3) is 0 Å². The fourth-order valence-corrected chi connectivity index (χ4v) is 3.10. The van der Waals surface area contributed by atoms with Crippen LogP contribution in [0.1, 0.15) is 17.8 Å². The van der Waals surface area contributed by atoms with Crippen molar-refractivity contribution in [3.8, 4) is 5.75 Å². The molecule has 0 aliphatic carbocycles. The number of ether oxygens (including phenoxy) is 1. The van der Waals surface area contributed by atoms with Crippen molar-refractivity contribution in [2.75, 3.05) is 32.1 Å². The van der Waals surface area contributed by atoms with Gasteiger partial charge in [0.15, 0.2) is 11.6 Å². The van der Waals surface area contributed by atoms with Crippen molar-refractivity contribution in [2.45, 2.75) is 32.9 Å². The van der Waals surface area contributed by atoms with E-state index in [2.05, 4.69) is 10.1 Å². The molecule has 7 nitrogen and oxygen atoms in total. The lowest BCUT2D eigenvalue weighted by Crippen LogP contribution is -2.34. The molecule has 0 saturated carbocycles. The van der Waals surface area contributed by atoms with Crippen LogP contribution in [-0.4, -0.2) is 58.9 Å². The lowest BCUT2D eigenvalue weighted by atomic mass is 10.3. The van der Waals surface area contributed by atoms with Crippen molar-refractivity contribution < 1.29 is 9.53 Å². The number of aryl methyl sites for hydroxylation is 2. The highest BCUT2D eigenvalue weighted by Crippen LogP contribution is 2.26. The van der Waals surface area contributed by atoms with E-state index >= 15 is 0 Å². The third-order valence-electron chi connectivity index (χ3n) is 4.35. The molecule has 0 N–H and O–H groups in total. The van der Waals surface area contributed by atoms with Crippen molar-refractivity contribution in [3.63, 3.8) is 0 Å². The molecule has 25 heavy (non-hydrogen) atoms. The van der Waals surface area contributed by atoms with E-state index in [1.807, 2.05) is 55.9 Å². The molecular weight excluding hydrogens is 318 g/mol. The molecule has 3 heterocycles. The fraction of sp³-hybridized carbons (Fsp3) is 0.500. The van der Waals surface area contributed by atoms with Crippen molar-refractivity contribution >= 4 is 11.7 Å². The Bertz CT molecular complexity index is 756. The van der Waals surface area contributed by atoms with Crippen LogP contribution in [0.5, 0.6) is 5.75 Å². The van der Waals surface area contributed by atoms with Gasteiger partial charge in [-0.3, -0.25) is 9.48 Å². The largest absolute Gasteiger partial charge is 0.485 e. The number of pyridine rings is 1. The Morgan fingerprint density at radius 3 is 2.88 bits per heavy atom. The topological polar surface area (TPSA) is 63.5 Å². The molecule has 3 rings (SSSR count). The number of hydrogen-bond donors (Lipinski definition) is 0. The zero-order valence-electron chi connectivity index (χ0n) is 15.3. The van der Waals surface area contributed by atoms with E-state index in [0.29, 0.717) is 13.1 Å². The Morgan fingerprint density at radius 1 is 1.40 bits per heavy atom. The summed E-state index contributed by atoms with van der Waals surface area (Å²) in [7, 11) is 3.88. The van der Waals surface area contributed by atoms with E-state index in [1.165, 1.54) is 0 Å². The quantitative estimate of drug-likeness (QED) is 0.826. The molecule has 0 radical (unpaired) electrons. The van der Waals surface area contributed by atoms with Crippen LogP contribution in [0.3, 0.4) is 0 Å². The molecule has 0 bridgehead atoms. The molecule has 134 valence electrons. The highest BCUT2D eigenvalue weighted by Gasteiger charge is 2.28. The molecular formula is C18H25N5O2. The second kappa shape index (κ2) is 7.13. The van der Waals surface area contributed by atoms with E-state index in [9.17, 15) is 4.79 Å². The second-order valence-electron chi connectivity index (χ2n) is 6.67. The maximum Gasteiger partial charge on any atom is 0.244 e. The predicted octanol–water partition coefficient (Wildman–Crippen LogP) is 1.64. The first kappa shape index (κ1) is 17.3. The molecule has 0 spiro atoms. The maximum atomic E-state index is 12.5. The summed E-state index contributed by atoms with van der Waals surface area (Å²) in [5.41, 5.74) is 1.93. The Labute approximate surface area is 148 Å². The second-order valence-corrected chi connectivity index (χ2v) is 6.67. The van der Waals surface area contributed by atoms with Crippen LogP contribution >= 0.6 is 0 Å². The number of amides is 1. The minimum absolute atomic E-state index is 0.00713. The average Bonchev–Trinajstić information content (AvgIpc) is 3.14. The average molecular weight is 343 g/mol. The number of carbonyl (C=O) groups excluding carboxylic acids is 1. The van der Waals surface area contributed by atoms with Crippen molar-refractivity contribution in [3.05, 3.63) is 35.8 Å². The summed E-state index contributed by atoms with van der Waals surface area (Å²) < 4.78 is 7.87. The monoisotopic (exact) mass is 343 g/mol. The SMILES string of the molecule is Cc1cc(C)n(CC(=O)N2CCC(Oc3cccnc3N(C)C)C2)n1. The number of likely N-dealkylation sites (tertiary alicyclic amines) is 1. The highest BCUT2D eigenvalue weighted by atomic mass is 16.5. The molecule has 1 aliphatic rings. The number of anilines is 1. The maximum absolute atomic E-state index is 12.5. The van der Waals surface area contributed by atoms with Crippen molar-refractivity contribution in [1.29, 1.82) is 0 Å². The minimum Gasteiger partial charge on any atom is -0.485 e. The van der Waals surface area contributed by atoms with Crippen LogP contribution in [0.2, 0.25) is 0 Å². The van der Waals surface area contributed by atoms with E-state index in [0.717, 1.165) is 29.4 Å². The van der Waals surface area contributed by atoms with Crippen LogP contribution in [0.4, 0.5) is 5.82 Å². The van der Waals surface area contributed by atoms with Gasteiger partial charge in [-0.1, -0.05) is 0 Å². The third kappa shape index (κ3) is 3.92. The van der Waals surface area contributed by atoms with Gasteiger partial charge in [-0.15, -0.1) is 0 Å². The molecule has 1 aliphatic heterocycles. The van der Waals surface area contributed by atoms with Gasteiger partial charge in [0.2, 0.25) is 5.91 Å². The van der Waals surface area contributed by atoms with Crippen molar-refractivity contribution in [1.82, 2.24) is 19.7 Å². The highest BCUT2D eigenvalue weighted by molar-refractivity contribution is 5.76. The zero-order valence-corrected chi connectivity index (χ0v) is 15.3. The zero-order chi connectivity index (χ0) is 18.0. The summed E-state index contributed by atoms with van der Waals surface area (Å²) in [5, 5.41) is 4.36. The molecule has 1 atom stereocenters. The number of hydrogen-bond acceptors (Lipinski definition) is 5. The Hall–Kier alpha value is -2.57. The van der Waals surface area contributed by atoms with E-state index in [4.69, 9.17) is 4.74 Å². The Balaban J connectivity index is 1.60. The van der Waals surface area contributed by atoms with Gasteiger partial charge in [0.1, 0.15) is 12.6 Å². The number of carbonyl (C=O) groups is 1. The minimum atomic E-state index is -0.00713. The van der Waals surface area contributed by atoms with Gasteiger partial charge < -0.3 is 14.5 Å². The first-order chi connectivity index (χ1) is 11.9. The summed E-state index contributed by atoms with van der Waals surface area (Å²) >= 11 is 0. The van der Waals surface area contributed by atoms with E-state index < -0.39 is 0 Å². The normalized spacial score (nSPS) is 17.0. The molecule has 2 aromatic rings. The molecule has 2 aromatic heterocycles. The first-order valence-electron chi connectivity index (χ1n) is 8.52. The summed E-state index contributed by atoms with van der Waals surface area (Å²) in [4.78, 5) is 20.7. The van der Waals surface area contributed by atoms with Gasteiger partial charge in [0.05, 0.1) is 12.2 Å². The Kier molecular flexibility index (Phi) is 4.92. The van der Waals surface area contributed by atoms with Crippen LogP contribution in [0, 0.1) is 13.8 Å². The van der Waals surface area contributed by atoms with Crippen molar-refractivity contribution in [2.24, 2.45) is 0 Å². The standard InChI is InChI=1S/C18H25N5O2/c1-13-10-14(2)23(20-13)12-17(24)22-9-7-15(11-22)25-16-6-5-8-19-18(16)21(3)4/h5-6,8,10,15H,7,9,11-12H2,1-4H3. The summed E-state index contributed by atoms with van der Waals surface area (Å²) in [6, 6.07) is 5.76. The van der Waals surface area contributed by atoms with Gasteiger partial charge in [-0.25, -0.2) is 4.98 Å². The molecule has 7 heteroatoms. The fourth-order valence-electron chi connectivity index (χ4n) is 3.10. The summed E-state index contributed by atoms with van der Waals surface area (Å²) in [6.07, 6.45) is 2.57. The Morgan fingerprint density at radius 2 is 2.20 bits per heavy atom. The molecule has 1 unspecified atom stereocenters. The van der Waals surface area contributed by atoms with Crippen LogP contribution in [0.25, 0.3) is 0 Å². The third-order valence-corrected chi connectivity index (χ3v) is 4.35. The smallest absolute Gasteiger partial charge is 0.244 e. The van der Waals surface area contributed by atoms with Crippen LogP contribution < -0.4 is 9.64 Å². The molecule has 1 fully saturated rings. The predicted molar refractivity (Wildman–Crippen MR) is 95.9 cm³/mol. The lowest BCUT2D eigenvalue weighted by Gasteiger charge is -2.20. The van der Waals surface area contributed by atoms with Gasteiger partial charge in [0, 0.05) is 39.0 Å². The van der Waals surface area contributed by atoms with Gasteiger partial charge in [-0.2, -0.15) is 5.10 Å². The summed E-state index contributed by atoms with van der Waals surface area (Å²) in [6.45, 7) is 5.49. The van der Waals surface area contributed by atoms with Crippen LogP contribution in [-0.2, 0) is 11.3 Å². The van der Waals surface area contributed by atoms with Gasteiger partial charge >= 0.3 is 0 Å². The van der Waals surface area contributed by atoms with E-state index in [1.54, 1.807) is 10.9 Å². The summed E-state index contributed by atoms with van der Waals surface area (Å²) in [5.74, 6) is 1.64. The van der Waals surface area contributed by atoms with Gasteiger partial charge in [-0.05, 0) is 32.0 Å². The molecule has 0 aromatic carbocycles. The number of nitrogens with zero attached hydrogens (tertiary/aromatic N) is 5. The molecule has 1 saturated heterocycles. The lowest BCUT2D eigenvalue weighted by molar-refractivity contribution is -0.131.